The Labute approximate surface area is 136 Å². The lowest BCUT2D eigenvalue weighted by Gasteiger charge is -2.06. The number of carbonyl (C=O) groups is 2. The minimum absolute atomic E-state index is 0.0975. The topological polar surface area (TPSA) is 71.1 Å². The predicted molar refractivity (Wildman–Crippen MR) is 84.0 cm³/mol. The second kappa shape index (κ2) is 13.9. The Hall–Kier alpha value is -1.76. The second-order valence-electron chi connectivity index (χ2n) is 4.72. The van der Waals surface area contributed by atoms with E-state index < -0.39 is 0 Å². The van der Waals surface area contributed by atoms with Crippen molar-refractivity contribution in [1.29, 1.82) is 0 Å². The SMILES string of the molecule is O=CCOCCOCCOCCCC(=O)OCc1ccccc1. The first-order valence-corrected chi connectivity index (χ1v) is 7.69. The van der Waals surface area contributed by atoms with Crippen molar-refractivity contribution in [3.63, 3.8) is 0 Å². The summed E-state index contributed by atoms with van der Waals surface area (Å²) in [4.78, 5) is 21.5. The number of ether oxygens (including phenoxy) is 4. The van der Waals surface area contributed by atoms with Gasteiger partial charge >= 0.3 is 5.97 Å². The van der Waals surface area contributed by atoms with Crippen molar-refractivity contribution in [1.82, 2.24) is 0 Å². The van der Waals surface area contributed by atoms with Gasteiger partial charge in [-0.1, -0.05) is 30.3 Å². The molecule has 128 valence electrons. The summed E-state index contributed by atoms with van der Waals surface area (Å²) in [7, 11) is 0. The molecule has 0 amide bonds. The van der Waals surface area contributed by atoms with Gasteiger partial charge < -0.3 is 23.7 Å². The van der Waals surface area contributed by atoms with Crippen molar-refractivity contribution in [2.75, 3.05) is 39.6 Å². The van der Waals surface area contributed by atoms with Gasteiger partial charge in [-0.2, -0.15) is 0 Å². The first-order valence-electron chi connectivity index (χ1n) is 7.69. The van der Waals surface area contributed by atoms with Crippen LogP contribution in [0, 0.1) is 0 Å². The van der Waals surface area contributed by atoms with Crippen LogP contribution in [0.15, 0.2) is 30.3 Å². The number of esters is 1. The molecule has 0 aliphatic heterocycles. The van der Waals surface area contributed by atoms with E-state index in [2.05, 4.69) is 0 Å². The van der Waals surface area contributed by atoms with Crippen molar-refractivity contribution in [3.8, 4) is 0 Å². The maximum absolute atomic E-state index is 11.5. The number of hydrogen-bond donors (Lipinski definition) is 0. The predicted octanol–water partition coefficient (Wildman–Crippen LogP) is 1.76. The molecule has 0 radical (unpaired) electrons. The third-order valence-corrected chi connectivity index (χ3v) is 2.84. The molecule has 0 atom stereocenters. The fraction of sp³-hybridized carbons (Fsp3) is 0.529. The van der Waals surface area contributed by atoms with E-state index in [9.17, 15) is 9.59 Å². The molecule has 0 heterocycles. The molecule has 6 nitrogen and oxygen atoms in total. The van der Waals surface area contributed by atoms with Crippen LogP contribution in [0.3, 0.4) is 0 Å². The summed E-state index contributed by atoms with van der Waals surface area (Å²) in [5.41, 5.74) is 0.978. The molecule has 0 fully saturated rings. The number of carbonyl (C=O) groups excluding carboxylic acids is 2. The highest BCUT2D eigenvalue weighted by molar-refractivity contribution is 5.69. The van der Waals surface area contributed by atoms with E-state index in [0.717, 1.165) is 5.56 Å². The average Bonchev–Trinajstić information content (AvgIpc) is 2.59. The van der Waals surface area contributed by atoms with Gasteiger partial charge in [0.05, 0.1) is 26.4 Å². The van der Waals surface area contributed by atoms with Gasteiger partial charge in [-0.25, -0.2) is 0 Å². The van der Waals surface area contributed by atoms with Gasteiger partial charge in [0.2, 0.25) is 0 Å². The van der Waals surface area contributed by atoms with Gasteiger partial charge in [-0.05, 0) is 12.0 Å². The molecule has 0 N–H and O–H groups in total. The largest absolute Gasteiger partial charge is 0.461 e. The van der Waals surface area contributed by atoms with E-state index >= 15 is 0 Å². The maximum Gasteiger partial charge on any atom is 0.306 e. The van der Waals surface area contributed by atoms with Crippen molar-refractivity contribution in [2.45, 2.75) is 19.4 Å². The lowest BCUT2D eigenvalue weighted by atomic mass is 10.2. The lowest BCUT2D eigenvalue weighted by molar-refractivity contribution is -0.145. The van der Waals surface area contributed by atoms with E-state index in [4.69, 9.17) is 18.9 Å². The Bertz CT molecular complexity index is 420. The zero-order chi connectivity index (χ0) is 16.6. The highest BCUT2D eigenvalue weighted by Crippen LogP contribution is 2.02. The molecule has 0 spiro atoms. The van der Waals surface area contributed by atoms with E-state index in [1.54, 1.807) is 0 Å². The molecule has 23 heavy (non-hydrogen) atoms. The van der Waals surface area contributed by atoms with Gasteiger partial charge in [0.15, 0.2) is 0 Å². The normalized spacial score (nSPS) is 10.4. The molecule has 0 saturated carbocycles. The zero-order valence-electron chi connectivity index (χ0n) is 13.3. The molecule has 0 aromatic heterocycles. The summed E-state index contributed by atoms with van der Waals surface area (Å²) in [6.07, 6.45) is 1.66. The molecule has 1 aromatic carbocycles. The summed E-state index contributed by atoms with van der Waals surface area (Å²) >= 11 is 0. The van der Waals surface area contributed by atoms with Crippen LogP contribution in [-0.2, 0) is 35.1 Å². The summed E-state index contributed by atoms with van der Waals surface area (Å²) < 4.78 is 20.7. The molecule has 0 aliphatic rings. The minimum atomic E-state index is -0.221. The molecular weight excluding hydrogens is 300 g/mol. The van der Waals surface area contributed by atoms with E-state index in [1.165, 1.54) is 0 Å². The van der Waals surface area contributed by atoms with E-state index in [0.29, 0.717) is 58.8 Å². The lowest BCUT2D eigenvalue weighted by Crippen LogP contribution is -2.11. The molecule has 1 rings (SSSR count). The third kappa shape index (κ3) is 11.5. The molecule has 0 bridgehead atoms. The fourth-order valence-electron chi connectivity index (χ4n) is 1.70. The van der Waals surface area contributed by atoms with E-state index in [1.807, 2.05) is 30.3 Å². The number of rotatable bonds is 14. The summed E-state index contributed by atoms with van der Waals surface area (Å²) in [6.45, 7) is 2.65. The Morgan fingerprint density at radius 1 is 0.913 bits per heavy atom. The molecule has 0 saturated heterocycles. The van der Waals surface area contributed by atoms with Crippen molar-refractivity contribution in [3.05, 3.63) is 35.9 Å². The second-order valence-corrected chi connectivity index (χ2v) is 4.72. The molecule has 0 aliphatic carbocycles. The van der Waals surface area contributed by atoms with Crippen LogP contribution in [0.2, 0.25) is 0 Å². The number of benzene rings is 1. The van der Waals surface area contributed by atoms with Gasteiger partial charge in [0.25, 0.3) is 0 Å². The molecule has 1 aromatic rings. The Kier molecular flexibility index (Phi) is 11.6. The average molecular weight is 324 g/mol. The summed E-state index contributed by atoms with van der Waals surface area (Å²) in [5, 5.41) is 0. The standard InChI is InChI=1S/C17H24O6/c18-8-10-21-12-14-22-13-11-20-9-4-7-17(19)23-15-16-5-2-1-3-6-16/h1-3,5-6,8H,4,7,9-15H2. The fourth-order valence-corrected chi connectivity index (χ4v) is 1.70. The highest BCUT2D eigenvalue weighted by Gasteiger charge is 2.03. The van der Waals surface area contributed by atoms with Crippen molar-refractivity contribution >= 4 is 12.3 Å². The first kappa shape index (κ1) is 19.3. The molecule has 0 unspecified atom stereocenters. The Morgan fingerprint density at radius 3 is 2.26 bits per heavy atom. The van der Waals surface area contributed by atoms with Crippen LogP contribution in [0.25, 0.3) is 0 Å². The first-order chi connectivity index (χ1) is 11.3. The van der Waals surface area contributed by atoms with Gasteiger partial charge in [-0.3, -0.25) is 4.79 Å². The van der Waals surface area contributed by atoms with E-state index in [-0.39, 0.29) is 12.6 Å². The van der Waals surface area contributed by atoms with Crippen LogP contribution >= 0.6 is 0 Å². The quantitative estimate of drug-likeness (QED) is 0.295. The number of hydrogen-bond acceptors (Lipinski definition) is 6. The smallest absolute Gasteiger partial charge is 0.306 e. The Morgan fingerprint density at radius 2 is 1.57 bits per heavy atom. The van der Waals surface area contributed by atoms with Crippen molar-refractivity contribution < 1.29 is 28.5 Å². The minimum Gasteiger partial charge on any atom is -0.461 e. The number of aldehydes is 1. The summed E-state index contributed by atoms with van der Waals surface area (Å²) in [5.74, 6) is -0.221. The third-order valence-electron chi connectivity index (χ3n) is 2.84. The van der Waals surface area contributed by atoms with Crippen LogP contribution in [0.4, 0.5) is 0 Å². The van der Waals surface area contributed by atoms with Crippen LogP contribution in [0.5, 0.6) is 0 Å². The van der Waals surface area contributed by atoms with Crippen molar-refractivity contribution in [2.24, 2.45) is 0 Å². The Balaban J connectivity index is 1.85. The van der Waals surface area contributed by atoms with Crippen LogP contribution in [-0.4, -0.2) is 51.9 Å². The summed E-state index contributed by atoms with van der Waals surface area (Å²) in [6, 6.07) is 9.58. The monoisotopic (exact) mass is 324 g/mol. The van der Waals surface area contributed by atoms with Gasteiger partial charge in [-0.15, -0.1) is 0 Å². The highest BCUT2D eigenvalue weighted by atomic mass is 16.5. The van der Waals surface area contributed by atoms with Crippen LogP contribution < -0.4 is 0 Å². The molecular formula is C17H24O6. The van der Waals surface area contributed by atoms with Gasteiger partial charge in [0.1, 0.15) is 19.5 Å². The zero-order valence-corrected chi connectivity index (χ0v) is 13.3. The van der Waals surface area contributed by atoms with Crippen LogP contribution in [0.1, 0.15) is 18.4 Å². The van der Waals surface area contributed by atoms with Gasteiger partial charge in [0, 0.05) is 13.0 Å². The molecule has 6 heteroatoms. The maximum atomic E-state index is 11.5.